The van der Waals surface area contributed by atoms with Crippen LogP contribution in [0.25, 0.3) is 0 Å². The first-order valence-electron chi connectivity index (χ1n) is 7.28. The largest absolute Gasteiger partial charge is 0.362 e. The van der Waals surface area contributed by atoms with Crippen LogP contribution >= 0.6 is 35.4 Å². The van der Waals surface area contributed by atoms with Crippen LogP contribution < -0.4 is 10.6 Å². The fourth-order valence-electron chi connectivity index (χ4n) is 2.36. The quantitative estimate of drug-likeness (QED) is 0.590. The predicted octanol–water partition coefficient (Wildman–Crippen LogP) is 4.85. The molecule has 0 bridgehead atoms. The molecule has 5 heteroatoms. The summed E-state index contributed by atoms with van der Waals surface area (Å²) in [5, 5.41) is 8.25. The number of hydrogen-bond donors (Lipinski definition) is 2. The van der Waals surface area contributed by atoms with E-state index in [2.05, 4.69) is 16.7 Å². The molecule has 0 aliphatic heterocycles. The summed E-state index contributed by atoms with van der Waals surface area (Å²) in [5.41, 5.74) is 2.62. The zero-order valence-electron chi connectivity index (χ0n) is 11.9. The smallest absolute Gasteiger partial charge is 0.166 e. The third-order valence-electron chi connectivity index (χ3n) is 3.55. The standard InChI is InChI=1S/C16H20Cl2N2S/c17-14-7-6-13(10-15(14)18)11-20-16(21)19-9-8-12-4-2-1-3-5-12/h4,6-7,10H,1-3,5,8-9,11H2,(H2,19,20,21). The van der Waals surface area contributed by atoms with Gasteiger partial charge in [-0.15, -0.1) is 0 Å². The highest BCUT2D eigenvalue weighted by Crippen LogP contribution is 2.22. The van der Waals surface area contributed by atoms with Gasteiger partial charge >= 0.3 is 0 Å². The Hall–Kier alpha value is -0.770. The number of benzene rings is 1. The van der Waals surface area contributed by atoms with Gasteiger partial charge in [0.2, 0.25) is 0 Å². The Balaban J connectivity index is 1.67. The van der Waals surface area contributed by atoms with Crippen LogP contribution in [0, 0.1) is 0 Å². The topological polar surface area (TPSA) is 24.1 Å². The molecule has 2 N–H and O–H groups in total. The van der Waals surface area contributed by atoms with Crippen LogP contribution in [0.2, 0.25) is 10.0 Å². The Kier molecular flexibility index (Phi) is 6.81. The van der Waals surface area contributed by atoms with Gasteiger partial charge in [-0.05, 0) is 62.0 Å². The number of nitrogens with one attached hydrogen (secondary N) is 2. The number of halogens is 2. The first-order valence-corrected chi connectivity index (χ1v) is 8.45. The molecule has 0 amide bonds. The molecule has 1 aliphatic carbocycles. The van der Waals surface area contributed by atoms with Crippen LogP contribution in [0.1, 0.15) is 37.7 Å². The van der Waals surface area contributed by atoms with Gasteiger partial charge in [-0.3, -0.25) is 0 Å². The fraction of sp³-hybridized carbons (Fsp3) is 0.438. The predicted molar refractivity (Wildman–Crippen MR) is 95.1 cm³/mol. The van der Waals surface area contributed by atoms with Crippen molar-refractivity contribution >= 4 is 40.5 Å². The van der Waals surface area contributed by atoms with Crippen LogP contribution in [-0.4, -0.2) is 11.7 Å². The molecule has 2 rings (SSSR count). The molecule has 0 aromatic heterocycles. The monoisotopic (exact) mass is 342 g/mol. The van der Waals surface area contributed by atoms with E-state index < -0.39 is 0 Å². The highest BCUT2D eigenvalue weighted by molar-refractivity contribution is 7.80. The van der Waals surface area contributed by atoms with Gasteiger partial charge in [0.05, 0.1) is 10.0 Å². The van der Waals surface area contributed by atoms with Crippen LogP contribution in [0.4, 0.5) is 0 Å². The van der Waals surface area contributed by atoms with Crippen molar-refractivity contribution in [2.24, 2.45) is 0 Å². The van der Waals surface area contributed by atoms with Crippen molar-refractivity contribution in [3.63, 3.8) is 0 Å². The zero-order chi connectivity index (χ0) is 15.1. The van der Waals surface area contributed by atoms with E-state index >= 15 is 0 Å². The molecular formula is C16H20Cl2N2S. The lowest BCUT2D eigenvalue weighted by Gasteiger charge is -2.14. The minimum Gasteiger partial charge on any atom is -0.362 e. The Morgan fingerprint density at radius 1 is 1.14 bits per heavy atom. The molecule has 21 heavy (non-hydrogen) atoms. The van der Waals surface area contributed by atoms with E-state index in [0.29, 0.717) is 21.7 Å². The van der Waals surface area contributed by atoms with E-state index in [0.717, 1.165) is 18.5 Å². The zero-order valence-corrected chi connectivity index (χ0v) is 14.3. The van der Waals surface area contributed by atoms with Crippen LogP contribution in [0.5, 0.6) is 0 Å². The number of rotatable bonds is 5. The average Bonchev–Trinajstić information content (AvgIpc) is 2.49. The molecule has 2 nitrogen and oxygen atoms in total. The van der Waals surface area contributed by atoms with Crippen molar-refractivity contribution in [3.05, 3.63) is 45.5 Å². The van der Waals surface area contributed by atoms with E-state index in [1.165, 1.54) is 25.7 Å². The summed E-state index contributed by atoms with van der Waals surface area (Å²) < 4.78 is 0. The van der Waals surface area contributed by atoms with Crippen molar-refractivity contribution in [3.8, 4) is 0 Å². The van der Waals surface area contributed by atoms with E-state index in [9.17, 15) is 0 Å². The first kappa shape index (κ1) is 16.6. The molecule has 0 atom stereocenters. The van der Waals surface area contributed by atoms with Crippen LogP contribution in [0.15, 0.2) is 29.8 Å². The lowest BCUT2D eigenvalue weighted by atomic mass is 9.97. The summed E-state index contributed by atoms with van der Waals surface area (Å²) in [4.78, 5) is 0. The maximum atomic E-state index is 5.98. The summed E-state index contributed by atoms with van der Waals surface area (Å²) >= 11 is 17.2. The number of allylic oxidation sites excluding steroid dienone is 1. The van der Waals surface area contributed by atoms with Crippen LogP contribution in [-0.2, 0) is 6.54 Å². The van der Waals surface area contributed by atoms with Crippen molar-refractivity contribution in [2.75, 3.05) is 6.54 Å². The summed E-state index contributed by atoms with van der Waals surface area (Å²) in [6.45, 7) is 1.53. The van der Waals surface area contributed by atoms with Crippen molar-refractivity contribution in [2.45, 2.75) is 38.6 Å². The second-order valence-corrected chi connectivity index (χ2v) is 6.44. The molecule has 0 heterocycles. The molecule has 0 spiro atoms. The highest BCUT2D eigenvalue weighted by atomic mass is 35.5. The minimum atomic E-state index is 0.569. The van der Waals surface area contributed by atoms with Gasteiger partial charge in [-0.2, -0.15) is 0 Å². The Labute approximate surface area is 141 Å². The van der Waals surface area contributed by atoms with E-state index in [4.69, 9.17) is 35.4 Å². The molecule has 0 fully saturated rings. The van der Waals surface area contributed by atoms with Gasteiger partial charge in [0.25, 0.3) is 0 Å². The minimum absolute atomic E-state index is 0.569. The van der Waals surface area contributed by atoms with Crippen LogP contribution in [0.3, 0.4) is 0 Å². The van der Waals surface area contributed by atoms with E-state index in [1.54, 1.807) is 11.6 Å². The Bertz CT molecular complexity index is 529. The van der Waals surface area contributed by atoms with E-state index in [-0.39, 0.29) is 0 Å². The number of thiocarbonyl (C=S) groups is 1. The molecule has 1 aromatic carbocycles. The Morgan fingerprint density at radius 2 is 2.00 bits per heavy atom. The molecule has 0 saturated carbocycles. The average molecular weight is 343 g/mol. The summed E-state index contributed by atoms with van der Waals surface area (Å²) in [7, 11) is 0. The third kappa shape index (κ3) is 5.85. The molecule has 1 aliphatic rings. The molecule has 0 saturated heterocycles. The Morgan fingerprint density at radius 3 is 2.71 bits per heavy atom. The molecule has 114 valence electrons. The first-order chi connectivity index (χ1) is 10.1. The molecule has 0 radical (unpaired) electrons. The van der Waals surface area contributed by atoms with Crippen molar-refractivity contribution in [1.82, 2.24) is 10.6 Å². The summed E-state index contributed by atoms with van der Waals surface area (Å²) in [6, 6.07) is 5.59. The van der Waals surface area contributed by atoms with Crippen molar-refractivity contribution in [1.29, 1.82) is 0 Å². The normalized spacial score (nSPS) is 14.5. The lowest BCUT2D eigenvalue weighted by Crippen LogP contribution is -2.35. The molecule has 1 aromatic rings. The maximum absolute atomic E-state index is 5.98. The van der Waals surface area contributed by atoms with Gasteiger partial charge in [0.15, 0.2) is 5.11 Å². The number of hydrogen-bond acceptors (Lipinski definition) is 1. The lowest BCUT2D eigenvalue weighted by molar-refractivity contribution is 0.667. The van der Waals surface area contributed by atoms with Gasteiger partial charge < -0.3 is 10.6 Å². The third-order valence-corrected chi connectivity index (χ3v) is 4.58. The summed E-state index contributed by atoms with van der Waals surface area (Å²) in [5.74, 6) is 0. The van der Waals surface area contributed by atoms with Gasteiger partial charge in [-0.25, -0.2) is 0 Å². The van der Waals surface area contributed by atoms with Crippen molar-refractivity contribution < 1.29 is 0 Å². The maximum Gasteiger partial charge on any atom is 0.166 e. The fourth-order valence-corrected chi connectivity index (χ4v) is 2.86. The summed E-state index contributed by atoms with van der Waals surface area (Å²) in [6.07, 6.45) is 8.58. The van der Waals surface area contributed by atoms with Gasteiger partial charge in [-0.1, -0.05) is 40.9 Å². The molecular weight excluding hydrogens is 323 g/mol. The second-order valence-electron chi connectivity index (χ2n) is 5.22. The highest BCUT2D eigenvalue weighted by Gasteiger charge is 2.04. The molecule has 0 unspecified atom stereocenters. The second kappa shape index (κ2) is 8.62. The van der Waals surface area contributed by atoms with Gasteiger partial charge in [0, 0.05) is 13.1 Å². The van der Waals surface area contributed by atoms with Gasteiger partial charge in [0.1, 0.15) is 0 Å². The van der Waals surface area contributed by atoms with E-state index in [1.807, 2.05) is 12.1 Å². The SMILES string of the molecule is S=C(NCCC1=CCCCC1)NCc1ccc(Cl)c(Cl)c1.